The van der Waals surface area contributed by atoms with E-state index in [-0.39, 0.29) is 5.91 Å². The lowest BCUT2D eigenvalue weighted by Gasteiger charge is -2.01. The minimum Gasteiger partial charge on any atom is -0.346 e. The number of nitrogens with one attached hydrogen (secondary N) is 2. The number of carbonyl (C=O) groups is 1. The molecule has 0 aliphatic heterocycles. The molecule has 1 fully saturated rings. The van der Waals surface area contributed by atoms with Gasteiger partial charge in [-0.25, -0.2) is 14.4 Å². The first-order valence-electron chi connectivity index (χ1n) is 7.96. The molecule has 5 rings (SSSR count). The molecule has 124 valence electrons. The van der Waals surface area contributed by atoms with Crippen LogP contribution in [-0.2, 0) is 4.79 Å². The van der Waals surface area contributed by atoms with Crippen LogP contribution < -0.4 is 5.32 Å². The molecule has 0 radical (unpaired) electrons. The Labute approximate surface area is 145 Å². The molecule has 25 heavy (non-hydrogen) atoms. The molecule has 0 saturated heterocycles. The number of rotatable bonds is 3. The van der Waals surface area contributed by atoms with Crippen LogP contribution in [0.25, 0.3) is 32.4 Å². The van der Waals surface area contributed by atoms with Gasteiger partial charge in [0.1, 0.15) is 11.8 Å². The van der Waals surface area contributed by atoms with Crippen molar-refractivity contribution in [3.8, 4) is 11.1 Å². The Balaban J connectivity index is 1.47. The van der Waals surface area contributed by atoms with Gasteiger partial charge in [0.25, 0.3) is 0 Å². The summed E-state index contributed by atoms with van der Waals surface area (Å²) in [6.07, 6.45) is 3.01. The molecule has 7 heteroatoms. The summed E-state index contributed by atoms with van der Waals surface area (Å²) in [7, 11) is 0. The van der Waals surface area contributed by atoms with Crippen LogP contribution in [0.3, 0.4) is 0 Å². The third-order valence-electron chi connectivity index (χ3n) is 4.40. The van der Waals surface area contributed by atoms with E-state index in [4.69, 9.17) is 0 Å². The first-order valence-corrected chi connectivity index (χ1v) is 8.78. The smallest absolute Gasteiger partial charge is 0.232 e. The number of hydrogen-bond acceptors (Lipinski definition) is 4. The van der Waals surface area contributed by atoms with E-state index in [1.807, 2.05) is 36.7 Å². The lowest BCUT2D eigenvalue weighted by Crippen LogP contribution is -2.14. The van der Waals surface area contributed by atoms with Crippen molar-refractivity contribution >= 4 is 43.6 Å². The second-order valence-electron chi connectivity index (χ2n) is 6.19. The van der Waals surface area contributed by atoms with Crippen molar-refractivity contribution in [1.82, 2.24) is 15.0 Å². The number of fused-ring (bicyclic) bond motifs is 2. The molecular formula is C18H13FN4OS. The van der Waals surface area contributed by atoms with Crippen LogP contribution in [0.2, 0.25) is 0 Å². The lowest BCUT2D eigenvalue weighted by molar-refractivity contribution is -0.117. The van der Waals surface area contributed by atoms with Crippen LogP contribution >= 0.6 is 11.3 Å². The van der Waals surface area contributed by atoms with Crippen LogP contribution in [0.5, 0.6) is 0 Å². The third kappa shape index (κ3) is 2.56. The normalized spacial score (nSPS) is 19.4. The number of hydrogen-bond donors (Lipinski definition) is 2. The van der Waals surface area contributed by atoms with Crippen molar-refractivity contribution in [1.29, 1.82) is 0 Å². The number of halogens is 1. The van der Waals surface area contributed by atoms with E-state index < -0.39 is 12.1 Å². The van der Waals surface area contributed by atoms with Crippen LogP contribution in [0.1, 0.15) is 6.42 Å². The summed E-state index contributed by atoms with van der Waals surface area (Å²) in [5.41, 5.74) is 3.73. The minimum absolute atomic E-state index is 0.283. The third-order valence-corrected chi connectivity index (χ3v) is 5.33. The highest BCUT2D eigenvalue weighted by Crippen LogP contribution is 2.36. The highest BCUT2D eigenvalue weighted by Gasteiger charge is 2.43. The van der Waals surface area contributed by atoms with Gasteiger partial charge in [0, 0.05) is 23.3 Å². The van der Waals surface area contributed by atoms with E-state index >= 15 is 0 Å². The van der Waals surface area contributed by atoms with Gasteiger partial charge in [-0.1, -0.05) is 17.4 Å². The number of anilines is 1. The van der Waals surface area contributed by atoms with Gasteiger partial charge in [0.15, 0.2) is 5.13 Å². The standard InChI is InChI=1S/C18H13FN4OS/c19-13-7-12(13)17(24)23-18-22-14-2-1-9(6-15(14)25-18)11-5-10-3-4-20-16(10)21-8-11/h1-6,8,12-13H,7H2,(H,20,21)(H,22,23,24). The Bertz CT molecular complexity index is 1120. The van der Waals surface area contributed by atoms with Crippen molar-refractivity contribution in [2.75, 3.05) is 5.32 Å². The summed E-state index contributed by atoms with van der Waals surface area (Å²) in [6, 6.07) is 10.0. The molecule has 0 bridgehead atoms. The molecule has 4 aromatic rings. The Morgan fingerprint density at radius 2 is 2.16 bits per heavy atom. The lowest BCUT2D eigenvalue weighted by atomic mass is 10.1. The maximum Gasteiger partial charge on any atom is 0.232 e. The monoisotopic (exact) mass is 352 g/mol. The molecule has 1 aliphatic rings. The summed E-state index contributed by atoms with van der Waals surface area (Å²) in [4.78, 5) is 23.8. The fourth-order valence-corrected chi connectivity index (χ4v) is 3.80. The molecule has 2 unspecified atom stereocenters. The van der Waals surface area contributed by atoms with Gasteiger partial charge < -0.3 is 10.3 Å². The average Bonchev–Trinajstić information content (AvgIpc) is 3.02. The van der Waals surface area contributed by atoms with E-state index in [2.05, 4.69) is 26.3 Å². The Kier molecular flexibility index (Phi) is 3.11. The maximum absolute atomic E-state index is 13.0. The topological polar surface area (TPSA) is 70.7 Å². The zero-order valence-electron chi connectivity index (χ0n) is 13.0. The summed E-state index contributed by atoms with van der Waals surface area (Å²) >= 11 is 1.39. The second kappa shape index (κ2) is 5.35. The fourth-order valence-electron chi connectivity index (χ4n) is 2.89. The van der Waals surface area contributed by atoms with E-state index in [1.54, 1.807) is 0 Å². The predicted octanol–water partition coefficient (Wildman–Crippen LogP) is 4.14. The van der Waals surface area contributed by atoms with E-state index in [1.165, 1.54) is 11.3 Å². The summed E-state index contributed by atoms with van der Waals surface area (Å²) in [5, 5.41) is 4.28. The van der Waals surface area contributed by atoms with E-state index in [0.717, 1.165) is 32.4 Å². The number of carbonyl (C=O) groups excluding carboxylic acids is 1. The molecule has 2 N–H and O–H groups in total. The SMILES string of the molecule is O=C(Nc1nc2ccc(-c3cnc4[nH]ccc4c3)cc2s1)C1CC1F. The molecule has 1 amide bonds. The van der Waals surface area contributed by atoms with Crippen LogP contribution in [-0.4, -0.2) is 27.0 Å². The van der Waals surface area contributed by atoms with Crippen molar-refractivity contribution in [3.63, 3.8) is 0 Å². The molecule has 3 aromatic heterocycles. The van der Waals surface area contributed by atoms with Crippen LogP contribution in [0.15, 0.2) is 42.7 Å². The zero-order valence-corrected chi connectivity index (χ0v) is 13.8. The van der Waals surface area contributed by atoms with Crippen LogP contribution in [0, 0.1) is 5.92 Å². The largest absolute Gasteiger partial charge is 0.346 e. The Morgan fingerprint density at radius 3 is 3.00 bits per heavy atom. The highest BCUT2D eigenvalue weighted by molar-refractivity contribution is 7.22. The van der Waals surface area contributed by atoms with Gasteiger partial charge in [-0.15, -0.1) is 0 Å². The second-order valence-corrected chi connectivity index (χ2v) is 7.22. The number of aromatic nitrogens is 3. The number of benzene rings is 1. The van der Waals surface area contributed by atoms with Crippen molar-refractivity contribution in [2.45, 2.75) is 12.6 Å². The number of alkyl halides is 1. The van der Waals surface area contributed by atoms with Gasteiger partial charge in [-0.05, 0) is 36.2 Å². The fraction of sp³-hybridized carbons (Fsp3) is 0.167. The van der Waals surface area contributed by atoms with Gasteiger partial charge in [0.2, 0.25) is 5.91 Å². The Morgan fingerprint density at radius 1 is 1.28 bits per heavy atom. The molecule has 0 spiro atoms. The van der Waals surface area contributed by atoms with Crippen molar-refractivity contribution in [2.24, 2.45) is 5.92 Å². The quantitative estimate of drug-likeness (QED) is 0.582. The summed E-state index contributed by atoms with van der Waals surface area (Å²) in [6.45, 7) is 0. The first-order chi connectivity index (χ1) is 12.2. The summed E-state index contributed by atoms with van der Waals surface area (Å²) in [5.74, 6) is -0.796. The molecule has 5 nitrogen and oxygen atoms in total. The number of pyridine rings is 1. The molecule has 2 atom stereocenters. The molecule has 1 aromatic carbocycles. The molecular weight excluding hydrogens is 339 g/mol. The molecule has 1 aliphatic carbocycles. The van der Waals surface area contributed by atoms with Gasteiger partial charge in [0.05, 0.1) is 16.1 Å². The maximum atomic E-state index is 13.0. The number of H-pyrrole nitrogens is 1. The van der Waals surface area contributed by atoms with Gasteiger partial charge in [-0.2, -0.15) is 0 Å². The van der Waals surface area contributed by atoms with Gasteiger partial charge >= 0.3 is 0 Å². The van der Waals surface area contributed by atoms with E-state index in [0.29, 0.717) is 11.6 Å². The van der Waals surface area contributed by atoms with Crippen molar-refractivity contribution < 1.29 is 9.18 Å². The molecule has 1 saturated carbocycles. The minimum atomic E-state index is -1.00. The number of nitrogens with zero attached hydrogens (tertiary/aromatic N) is 2. The predicted molar refractivity (Wildman–Crippen MR) is 96.3 cm³/mol. The van der Waals surface area contributed by atoms with Crippen molar-refractivity contribution in [3.05, 3.63) is 42.7 Å². The average molecular weight is 352 g/mol. The Hall–Kier alpha value is -2.80. The number of amides is 1. The zero-order chi connectivity index (χ0) is 17.0. The highest BCUT2D eigenvalue weighted by atomic mass is 32.1. The molecule has 3 heterocycles. The number of aromatic amines is 1. The van der Waals surface area contributed by atoms with Gasteiger partial charge in [-0.3, -0.25) is 4.79 Å². The number of thiazole rings is 1. The first kappa shape index (κ1) is 14.5. The summed E-state index contributed by atoms with van der Waals surface area (Å²) < 4.78 is 13.9. The van der Waals surface area contributed by atoms with E-state index in [9.17, 15) is 9.18 Å². The van der Waals surface area contributed by atoms with Crippen LogP contribution in [0.4, 0.5) is 9.52 Å².